The zero-order chi connectivity index (χ0) is 27.6. The molecular weight excluding hydrogens is 488 g/mol. The second kappa shape index (κ2) is 10.7. The van der Waals surface area contributed by atoms with Crippen molar-refractivity contribution in [1.82, 2.24) is 0 Å². The number of benzene rings is 3. The zero-order valence-electron chi connectivity index (χ0n) is 21.1. The molecule has 1 amide bonds. The summed E-state index contributed by atoms with van der Waals surface area (Å²) in [6, 6.07) is 17.4. The first-order valence-corrected chi connectivity index (χ1v) is 12.0. The third-order valence-corrected chi connectivity index (χ3v) is 6.08. The number of anilines is 1. The van der Waals surface area contributed by atoms with Crippen LogP contribution in [0, 0.1) is 23.0 Å². The Bertz CT molecular complexity index is 1440. The van der Waals surface area contributed by atoms with E-state index in [1.165, 1.54) is 41.3 Å². The molecule has 9 nitrogen and oxygen atoms in total. The van der Waals surface area contributed by atoms with Gasteiger partial charge in [-0.05, 0) is 54.8 Å². The van der Waals surface area contributed by atoms with Gasteiger partial charge in [-0.2, -0.15) is 0 Å². The molecule has 194 valence electrons. The maximum Gasteiger partial charge on any atom is 0.338 e. The summed E-state index contributed by atoms with van der Waals surface area (Å²) in [6.45, 7) is 5.98. The van der Waals surface area contributed by atoms with E-state index in [0.717, 1.165) is 5.56 Å². The highest BCUT2D eigenvalue weighted by Gasteiger charge is 2.47. The van der Waals surface area contributed by atoms with Gasteiger partial charge in [0, 0.05) is 23.4 Å². The summed E-state index contributed by atoms with van der Waals surface area (Å²) in [4.78, 5) is 50.7. The Kier molecular flexibility index (Phi) is 7.38. The monoisotopic (exact) mass is 514 g/mol. The minimum atomic E-state index is -0.969. The van der Waals surface area contributed by atoms with Crippen molar-refractivity contribution in [2.75, 3.05) is 11.5 Å². The molecule has 1 heterocycles. The van der Waals surface area contributed by atoms with E-state index in [1.807, 2.05) is 32.9 Å². The molecule has 1 saturated heterocycles. The van der Waals surface area contributed by atoms with Crippen molar-refractivity contribution >= 4 is 34.8 Å². The number of rotatable bonds is 7. The van der Waals surface area contributed by atoms with Crippen LogP contribution in [0.4, 0.5) is 11.4 Å². The van der Waals surface area contributed by atoms with Gasteiger partial charge in [0.05, 0.1) is 28.7 Å². The molecule has 38 heavy (non-hydrogen) atoms. The van der Waals surface area contributed by atoms with Crippen molar-refractivity contribution in [2.24, 2.45) is 5.92 Å². The van der Waals surface area contributed by atoms with E-state index >= 15 is 0 Å². The van der Waals surface area contributed by atoms with E-state index in [4.69, 9.17) is 4.74 Å². The molecule has 0 radical (unpaired) electrons. The zero-order valence-corrected chi connectivity index (χ0v) is 21.1. The summed E-state index contributed by atoms with van der Waals surface area (Å²) in [7, 11) is 0. The van der Waals surface area contributed by atoms with E-state index < -0.39 is 34.4 Å². The van der Waals surface area contributed by atoms with Crippen LogP contribution < -0.4 is 4.90 Å². The SMILES string of the molecule is Cc1cccc(C2/C(=C(/O)c3ccc([N+](=O)[O-])cc3)C(=O)C(=O)N2c2ccc(C(=O)OCC(C)C)cc2)c1. The second-order valence-corrected chi connectivity index (χ2v) is 9.43. The quantitative estimate of drug-likeness (QED) is 0.113. The molecule has 1 unspecified atom stereocenters. The van der Waals surface area contributed by atoms with Gasteiger partial charge in [0.25, 0.3) is 17.4 Å². The van der Waals surface area contributed by atoms with Crippen LogP contribution in [0.25, 0.3) is 5.76 Å². The van der Waals surface area contributed by atoms with Crippen molar-refractivity contribution in [3.63, 3.8) is 0 Å². The number of ketones is 1. The van der Waals surface area contributed by atoms with Gasteiger partial charge < -0.3 is 9.84 Å². The van der Waals surface area contributed by atoms with E-state index in [2.05, 4.69) is 0 Å². The highest BCUT2D eigenvalue weighted by molar-refractivity contribution is 6.51. The number of amides is 1. The molecule has 1 atom stereocenters. The van der Waals surface area contributed by atoms with Crippen LogP contribution in [0.5, 0.6) is 0 Å². The molecular formula is C29H26N2O7. The Hall–Kier alpha value is -4.79. The molecule has 0 aromatic heterocycles. The van der Waals surface area contributed by atoms with E-state index in [-0.39, 0.29) is 29.3 Å². The molecule has 1 aliphatic rings. The van der Waals surface area contributed by atoms with Gasteiger partial charge in [-0.15, -0.1) is 0 Å². The molecule has 1 N–H and O–H groups in total. The van der Waals surface area contributed by atoms with Crippen LogP contribution in [-0.4, -0.2) is 34.3 Å². The van der Waals surface area contributed by atoms with Gasteiger partial charge in [-0.1, -0.05) is 43.7 Å². The number of nitro groups is 1. The molecule has 3 aromatic carbocycles. The third kappa shape index (κ3) is 5.17. The highest BCUT2D eigenvalue weighted by Crippen LogP contribution is 2.42. The lowest BCUT2D eigenvalue weighted by atomic mass is 9.94. The lowest BCUT2D eigenvalue weighted by molar-refractivity contribution is -0.384. The van der Waals surface area contributed by atoms with E-state index in [0.29, 0.717) is 16.8 Å². The Labute approximate surface area is 219 Å². The molecule has 4 rings (SSSR count). The molecule has 0 bridgehead atoms. The number of nitro benzene ring substituents is 1. The van der Waals surface area contributed by atoms with Crippen LogP contribution in [0.15, 0.2) is 78.4 Å². The topological polar surface area (TPSA) is 127 Å². The fourth-order valence-corrected chi connectivity index (χ4v) is 4.23. The molecule has 1 aliphatic heterocycles. The maximum absolute atomic E-state index is 13.3. The standard InChI is InChI=1S/C29H26N2O7/c1-17(2)16-38-29(35)20-9-11-22(12-10-20)30-25(21-6-4-5-18(3)15-21)24(27(33)28(30)34)26(32)19-7-13-23(14-8-19)31(36)37/h4-15,17,25,32H,16H2,1-3H3/b26-24-. The number of ether oxygens (including phenoxy) is 1. The average molecular weight is 515 g/mol. The minimum Gasteiger partial charge on any atom is -0.507 e. The van der Waals surface area contributed by atoms with Crippen molar-refractivity contribution in [2.45, 2.75) is 26.8 Å². The Morgan fingerprint density at radius 3 is 2.24 bits per heavy atom. The summed E-state index contributed by atoms with van der Waals surface area (Å²) >= 11 is 0. The second-order valence-electron chi connectivity index (χ2n) is 9.43. The number of esters is 1. The first-order valence-electron chi connectivity index (χ1n) is 12.0. The number of aryl methyl sites for hydroxylation is 1. The molecule has 0 saturated carbocycles. The summed E-state index contributed by atoms with van der Waals surface area (Å²) in [6.07, 6.45) is 0. The van der Waals surface area contributed by atoms with E-state index in [9.17, 15) is 29.6 Å². The first kappa shape index (κ1) is 26.3. The normalized spacial score (nSPS) is 16.6. The van der Waals surface area contributed by atoms with Gasteiger partial charge in [0.15, 0.2) is 0 Å². The predicted molar refractivity (Wildman–Crippen MR) is 141 cm³/mol. The van der Waals surface area contributed by atoms with Gasteiger partial charge in [-0.3, -0.25) is 24.6 Å². The molecule has 0 spiro atoms. The first-order chi connectivity index (χ1) is 18.1. The third-order valence-electron chi connectivity index (χ3n) is 6.08. The maximum atomic E-state index is 13.3. The van der Waals surface area contributed by atoms with Crippen molar-refractivity contribution in [3.8, 4) is 0 Å². The Morgan fingerprint density at radius 1 is 1.03 bits per heavy atom. The number of non-ortho nitro benzene ring substituents is 1. The largest absolute Gasteiger partial charge is 0.507 e. The van der Waals surface area contributed by atoms with Crippen molar-refractivity contribution < 1.29 is 29.2 Å². The lowest BCUT2D eigenvalue weighted by Crippen LogP contribution is -2.29. The Morgan fingerprint density at radius 2 is 1.66 bits per heavy atom. The number of carbonyl (C=O) groups excluding carboxylic acids is 3. The smallest absolute Gasteiger partial charge is 0.338 e. The van der Waals surface area contributed by atoms with Gasteiger partial charge >= 0.3 is 5.97 Å². The average Bonchev–Trinajstić information content (AvgIpc) is 3.17. The van der Waals surface area contributed by atoms with Gasteiger partial charge in [0.1, 0.15) is 5.76 Å². The minimum absolute atomic E-state index is 0.144. The fraction of sp³-hybridized carbons (Fsp3) is 0.207. The van der Waals surface area contributed by atoms with Crippen LogP contribution in [0.3, 0.4) is 0 Å². The summed E-state index contributed by atoms with van der Waals surface area (Å²) in [5.41, 5.74) is 1.96. The summed E-state index contributed by atoms with van der Waals surface area (Å²) < 4.78 is 5.26. The number of hydrogen-bond donors (Lipinski definition) is 1. The number of aliphatic hydroxyl groups excluding tert-OH is 1. The van der Waals surface area contributed by atoms with Crippen LogP contribution in [0.2, 0.25) is 0 Å². The van der Waals surface area contributed by atoms with Gasteiger partial charge in [-0.25, -0.2) is 4.79 Å². The van der Waals surface area contributed by atoms with Gasteiger partial charge in [0.2, 0.25) is 0 Å². The van der Waals surface area contributed by atoms with E-state index in [1.54, 1.807) is 24.3 Å². The number of carbonyl (C=O) groups is 3. The Balaban J connectivity index is 1.80. The fourth-order valence-electron chi connectivity index (χ4n) is 4.23. The summed E-state index contributed by atoms with van der Waals surface area (Å²) in [5.74, 6) is -2.51. The summed E-state index contributed by atoms with van der Waals surface area (Å²) in [5, 5.41) is 22.2. The predicted octanol–water partition coefficient (Wildman–Crippen LogP) is 5.34. The van der Waals surface area contributed by atoms with Crippen LogP contribution in [0.1, 0.15) is 46.9 Å². The highest BCUT2D eigenvalue weighted by atomic mass is 16.6. The number of Topliss-reactive ketones (excluding diaryl/α,β-unsaturated/α-hetero) is 1. The van der Waals surface area contributed by atoms with Crippen LogP contribution >= 0.6 is 0 Å². The molecule has 9 heteroatoms. The molecule has 3 aromatic rings. The lowest BCUT2D eigenvalue weighted by Gasteiger charge is -2.26. The number of nitrogens with zero attached hydrogens (tertiary/aromatic N) is 2. The van der Waals surface area contributed by atoms with Crippen molar-refractivity contribution in [1.29, 1.82) is 0 Å². The van der Waals surface area contributed by atoms with Crippen LogP contribution in [-0.2, 0) is 14.3 Å². The molecule has 0 aliphatic carbocycles. The van der Waals surface area contributed by atoms with Crippen molar-refractivity contribution in [3.05, 3.63) is 111 Å². The molecule has 1 fully saturated rings. The number of hydrogen-bond acceptors (Lipinski definition) is 7. The number of aliphatic hydroxyl groups is 1.